The first-order chi connectivity index (χ1) is 18.1. The number of halogens is 2. The van der Waals surface area contributed by atoms with Crippen molar-refractivity contribution in [2.24, 2.45) is 0 Å². The lowest BCUT2D eigenvalue weighted by Gasteiger charge is -2.35. The Bertz CT molecular complexity index is 1260. The fourth-order valence-corrected chi connectivity index (χ4v) is 5.84. The van der Waals surface area contributed by atoms with Crippen LogP contribution in [0.2, 0.25) is 0 Å². The van der Waals surface area contributed by atoms with E-state index in [-0.39, 0.29) is 47.0 Å². The Kier molecular flexibility index (Phi) is 7.76. The van der Waals surface area contributed by atoms with Gasteiger partial charge in [-0.15, -0.1) is 0 Å². The number of nitro benzene ring substituents is 1. The van der Waals surface area contributed by atoms with Gasteiger partial charge in [-0.2, -0.15) is 5.10 Å². The van der Waals surface area contributed by atoms with Crippen LogP contribution in [0.3, 0.4) is 0 Å². The van der Waals surface area contributed by atoms with Crippen LogP contribution in [0.4, 0.5) is 17.2 Å². The number of nitrogens with zero attached hydrogens (tertiary/aromatic N) is 4. The maximum atomic E-state index is 13.6. The molecular formula is C24H29Br2N7O5. The van der Waals surface area contributed by atoms with Gasteiger partial charge in [0.2, 0.25) is 5.91 Å². The summed E-state index contributed by atoms with van der Waals surface area (Å²) in [5.74, 6) is -0.0882. The molecule has 12 nitrogen and oxygen atoms in total. The largest absolute Gasteiger partial charge is 0.375 e. The Balaban J connectivity index is 1.32. The van der Waals surface area contributed by atoms with Crippen molar-refractivity contribution in [2.75, 3.05) is 30.3 Å². The predicted octanol–water partition coefficient (Wildman–Crippen LogP) is 3.68. The van der Waals surface area contributed by atoms with Gasteiger partial charge in [0.05, 0.1) is 39.3 Å². The van der Waals surface area contributed by atoms with Gasteiger partial charge in [0.15, 0.2) is 5.82 Å². The molecule has 2 aromatic rings. The maximum Gasteiger partial charge on any atom is 0.294 e. The van der Waals surface area contributed by atoms with E-state index >= 15 is 0 Å². The number of ether oxygens (including phenoxy) is 1. The first kappa shape index (κ1) is 27.0. The van der Waals surface area contributed by atoms with Crippen molar-refractivity contribution >= 4 is 60.9 Å². The van der Waals surface area contributed by atoms with Crippen molar-refractivity contribution in [1.82, 2.24) is 20.0 Å². The minimum Gasteiger partial charge on any atom is -0.375 e. The number of carbonyl (C=O) groups is 2. The van der Waals surface area contributed by atoms with E-state index in [0.29, 0.717) is 46.9 Å². The molecule has 1 aromatic heterocycles. The number of rotatable bonds is 7. The van der Waals surface area contributed by atoms with Crippen LogP contribution in [0.5, 0.6) is 0 Å². The summed E-state index contributed by atoms with van der Waals surface area (Å²) < 4.78 is 8.75. The zero-order chi connectivity index (χ0) is 27.1. The lowest BCUT2D eigenvalue weighted by atomic mass is 10.1. The van der Waals surface area contributed by atoms with Crippen molar-refractivity contribution in [3.05, 3.63) is 43.0 Å². The van der Waals surface area contributed by atoms with Gasteiger partial charge in [0, 0.05) is 42.4 Å². The van der Waals surface area contributed by atoms with Crippen molar-refractivity contribution < 1.29 is 19.2 Å². The van der Waals surface area contributed by atoms with E-state index in [9.17, 15) is 19.7 Å². The molecule has 3 aliphatic rings. The van der Waals surface area contributed by atoms with E-state index in [1.807, 2.05) is 24.7 Å². The van der Waals surface area contributed by atoms with Crippen LogP contribution in [-0.2, 0) is 9.53 Å². The molecule has 1 saturated carbocycles. The number of morpholine rings is 1. The Morgan fingerprint density at radius 1 is 1.21 bits per heavy atom. The Labute approximate surface area is 236 Å². The molecule has 2 amide bonds. The molecule has 0 bridgehead atoms. The Morgan fingerprint density at radius 2 is 1.92 bits per heavy atom. The summed E-state index contributed by atoms with van der Waals surface area (Å²) in [5, 5.41) is 25.7. The average Bonchev–Trinajstić information content (AvgIpc) is 3.49. The number of carbonyl (C=O) groups excluding carboxylic acids is 2. The monoisotopic (exact) mass is 653 g/mol. The molecule has 14 heteroatoms. The van der Waals surface area contributed by atoms with Gasteiger partial charge < -0.3 is 25.6 Å². The molecule has 0 unspecified atom stereocenters. The van der Waals surface area contributed by atoms with E-state index in [4.69, 9.17) is 4.74 Å². The van der Waals surface area contributed by atoms with Gasteiger partial charge in [0.1, 0.15) is 5.69 Å². The average molecular weight is 655 g/mol. The molecule has 5 rings (SSSR count). The molecule has 38 heavy (non-hydrogen) atoms. The highest BCUT2D eigenvalue weighted by Crippen LogP contribution is 2.37. The van der Waals surface area contributed by atoms with Crippen molar-refractivity contribution in [3.8, 4) is 0 Å². The van der Waals surface area contributed by atoms with E-state index in [2.05, 4.69) is 52.9 Å². The van der Waals surface area contributed by atoms with Crippen LogP contribution < -0.4 is 16.0 Å². The number of amides is 2. The topological polar surface area (TPSA) is 144 Å². The summed E-state index contributed by atoms with van der Waals surface area (Å²) in [6, 6.07) is 2.53. The number of aromatic nitrogens is 2. The van der Waals surface area contributed by atoms with Crippen molar-refractivity contribution in [1.29, 1.82) is 0 Å². The number of nitrogens with one attached hydrogen (secondary N) is 3. The third-order valence-corrected chi connectivity index (χ3v) is 7.90. The minimum absolute atomic E-state index is 0.143. The summed E-state index contributed by atoms with van der Waals surface area (Å²) in [6.45, 7) is 4.96. The molecule has 1 aliphatic carbocycles. The van der Waals surface area contributed by atoms with Crippen molar-refractivity contribution in [3.63, 3.8) is 0 Å². The van der Waals surface area contributed by atoms with Gasteiger partial charge in [-0.3, -0.25) is 24.4 Å². The number of hydrogen-bond acceptors (Lipinski definition) is 8. The number of hydrogen-bond donors (Lipinski definition) is 3. The molecule has 1 aromatic carbocycles. The summed E-state index contributed by atoms with van der Waals surface area (Å²) in [5.41, 5.74) is 0.142. The second-order valence-electron chi connectivity index (χ2n) is 10.1. The fourth-order valence-electron chi connectivity index (χ4n) is 5.00. The highest BCUT2D eigenvalue weighted by atomic mass is 79.9. The summed E-state index contributed by atoms with van der Waals surface area (Å²) in [6.07, 6.45) is 4.11. The maximum absolute atomic E-state index is 13.6. The molecule has 0 spiro atoms. The van der Waals surface area contributed by atoms with Crippen molar-refractivity contribution in [2.45, 2.75) is 63.4 Å². The molecule has 2 aliphatic heterocycles. The lowest BCUT2D eigenvalue weighted by Crippen LogP contribution is -2.48. The Hall–Kier alpha value is -2.55. The smallest absolute Gasteiger partial charge is 0.294 e. The molecule has 0 radical (unpaired) electrons. The SMILES string of the molecule is C[C@@H]1CN(C(=O)c2cc(Br)cc([N+](=O)[O-])c2N[C@H]2CN[C@H](C(=O)Nc3nn(C4CC4)cc3Br)C2)C[C@H](C)O1. The fraction of sp³-hybridized carbons (Fsp3) is 0.542. The normalized spacial score (nSPS) is 25.3. The highest BCUT2D eigenvalue weighted by Gasteiger charge is 2.35. The van der Waals surface area contributed by atoms with Gasteiger partial charge in [0.25, 0.3) is 11.6 Å². The highest BCUT2D eigenvalue weighted by molar-refractivity contribution is 9.10. The predicted molar refractivity (Wildman–Crippen MR) is 147 cm³/mol. The third kappa shape index (κ3) is 5.87. The van der Waals surface area contributed by atoms with Crippen LogP contribution >= 0.6 is 31.9 Å². The lowest BCUT2D eigenvalue weighted by molar-refractivity contribution is -0.384. The van der Waals surface area contributed by atoms with Crippen LogP contribution in [-0.4, -0.2) is 75.3 Å². The zero-order valence-electron chi connectivity index (χ0n) is 20.9. The first-order valence-corrected chi connectivity index (χ1v) is 14.2. The number of benzene rings is 1. The van der Waals surface area contributed by atoms with Crippen LogP contribution in [0, 0.1) is 10.1 Å². The van der Waals surface area contributed by atoms with E-state index < -0.39 is 11.0 Å². The van der Waals surface area contributed by atoms with Crippen LogP contribution in [0.25, 0.3) is 0 Å². The van der Waals surface area contributed by atoms with E-state index in [1.165, 1.54) is 6.07 Å². The zero-order valence-corrected chi connectivity index (χ0v) is 24.1. The first-order valence-electron chi connectivity index (χ1n) is 12.6. The van der Waals surface area contributed by atoms with E-state index in [0.717, 1.165) is 12.8 Å². The summed E-state index contributed by atoms with van der Waals surface area (Å²) in [4.78, 5) is 39.7. The minimum atomic E-state index is -0.528. The summed E-state index contributed by atoms with van der Waals surface area (Å²) >= 11 is 6.77. The molecule has 3 N–H and O–H groups in total. The quantitative estimate of drug-likeness (QED) is 0.303. The standard InChI is InChI=1S/C24H29Br2N7O5/c1-12-9-31(10-13(2)38-12)24(35)17-5-14(25)6-20(33(36)37)21(17)28-15-7-19(27-8-15)23(34)29-22-18(26)11-32(30-22)16-3-4-16/h5-6,11-13,15-16,19,27-28H,3-4,7-10H2,1-2H3,(H,29,30,34)/t12-,13+,15-,19+/m1/s1. The molecular weight excluding hydrogens is 626 g/mol. The van der Waals surface area contributed by atoms with E-state index in [1.54, 1.807) is 11.0 Å². The summed E-state index contributed by atoms with van der Waals surface area (Å²) in [7, 11) is 0. The molecule has 204 valence electrons. The van der Waals surface area contributed by atoms with Gasteiger partial charge >= 0.3 is 0 Å². The Morgan fingerprint density at radius 3 is 2.58 bits per heavy atom. The second kappa shape index (κ2) is 10.9. The number of nitro groups is 1. The van der Waals surface area contributed by atoms with Gasteiger partial charge in [-0.05, 0) is 55.1 Å². The van der Waals surface area contributed by atoms with Gasteiger partial charge in [-0.25, -0.2) is 0 Å². The van der Waals surface area contributed by atoms with Gasteiger partial charge in [-0.1, -0.05) is 15.9 Å². The van der Waals surface area contributed by atoms with Crippen LogP contribution in [0.1, 0.15) is 49.5 Å². The molecule has 4 atom stereocenters. The third-order valence-electron chi connectivity index (χ3n) is 6.86. The second-order valence-corrected chi connectivity index (χ2v) is 11.9. The number of anilines is 2. The molecule has 3 fully saturated rings. The molecule has 2 saturated heterocycles. The molecule has 3 heterocycles. The van der Waals surface area contributed by atoms with Crippen LogP contribution in [0.15, 0.2) is 27.3 Å².